The van der Waals surface area contributed by atoms with Gasteiger partial charge in [-0.2, -0.15) is 0 Å². The van der Waals surface area contributed by atoms with Crippen LogP contribution in [0.5, 0.6) is 5.75 Å². The highest BCUT2D eigenvalue weighted by Gasteiger charge is 2.40. The van der Waals surface area contributed by atoms with Crippen molar-refractivity contribution < 1.29 is 13.9 Å². The van der Waals surface area contributed by atoms with E-state index in [4.69, 9.17) is 4.74 Å². The molecule has 1 saturated heterocycles. The molecule has 0 spiro atoms. The summed E-state index contributed by atoms with van der Waals surface area (Å²) in [4.78, 5) is 14.3. The molecule has 5 heteroatoms. The number of nitrogens with zero attached hydrogens (tertiary/aromatic N) is 1. The molecule has 0 aliphatic carbocycles. The minimum Gasteiger partial charge on any atom is -0.492 e. The number of ether oxygens (including phenoxy) is 1. The number of amides is 1. The van der Waals surface area contributed by atoms with E-state index >= 15 is 0 Å². The summed E-state index contributed by atoms with van der Waals surface area (Å²) in [6.07, 6.45) is 1.73. The van der Waals surface area contributed by atoms with Crippen molar-refractivity contribution in [1.82, 2.24) is 10.2 Å². The quantitative estimate of drug-likeness (QED) is 0.873. The van der Waals surface area contributed by atoms with Gasteiger partial charge in [-0.1, -0.05) is 13.0 Å². The zero-order chi connectivity index (χ0) is 15.3. The van der Waals surface area contributed by atoms with E-state index in [1.807, 2.05) is 0 Å². The molecule has 1 unspecified atom stereocenters. The molecule has 0 saturated carbocycles. The van der Waals surface area contributed by atoms with E-state index in [-0.39, 0.29) is 17.1 Å². The molecule has 1 aliphatic rings. The van der Waals surface area contributed by atoms with Gasteiger partial charge in [-0.25, -0.2) is 4.39 Å². The maximum absolute atomic E-state index is 13.0. The van der Waals surface area contributed by atoms with Crippen LogP contribution in [0.1, 0.15) is 19.8 Å². The summed E-state index contributed by atoms with van der Waals surface area (Å²) in [5.41, 5.74) is -0.270. The van der Waals surface area contributed by atoms with Gasteiger partial charge in [0, 0.05) is 19.7 Å². The van der Waals surface area contributed by atoms with Crippen LogP contribution in [0.3, 0.4) is 0 Å². The first-order valence-corrected chi connectivity index (χ1v) is 7.42. The molecule has 0 aromatic heterocycles. The Morgan fingerprint density at radius 3 is 2.95 bits per heavy atom. The smallest absolute Gasteiger partial charge is 0.229 e. The molecule has 1 heterocycles. The first kappa shape index (κ1) is 15.8. The molecule has 1 N–H and O–H groups in total. The van der Waals surface area contributed by atoms with Gasteiger partial charge in [0.15, 0.2) is 0 Å². The molecule has 4 nitrogen and oxygen atoms in total. The molecule has 1 amide bonds. The minimum atomic E-state index is -0.320. The van der Waals surface area contributed by atoms with E-state index in [1.54, 1.807) is 24.1 Å². The number of carbonyl (C=O) groups is 1. The molecule has 1 aromatic carbocycles. The second-order valence-corrected chi connectivity index (χ2v) is 5.59. The molecule has 1 aliphatic heterocycles. The molecule has 2 rings (SSSR count). The fourth-order valence-electron chi connectivity index (χ4n) is 2.74. The minimum absolute atomic E-state index is 0.165. The summed E-state index contributed by atoms with van der Waals surface area (Å²) in [5.74, 6) is 0.334. The number of carbonyl (C=O) groups excluding carboxylic acids is 1. The van der Waals surface area contributed by atoms with Gasteiger partial charge in [0.25, 0.3) is 0 Å². The van der Waals surface area contributed by atoms with E-state index in [9.17, 15) is 9.18 Å². The Morgan fingerprint density at radius 2 is 2.33 bits per heavy atom. The Balaban J connectivity index is 1.84. The van der Waals surface area contributed by atoms with Crippen LogP contribution >= 0.6 is 0 Å². The lowest BCUT2D eigenvalue weighted by Gasteiger charge is -2.30. The zero-order valence-electron chi connectivity index (χ0n) is 12.7. The van der Waals surface area contributed by atoms with Crippen LogP contribution in [0.25, 0.3) is 0 Å². The lowest BCUT2D eigenvalue weighted by atomic mass is 9.83. The molecule has 0 radical (unpaired) electrons. The van der Waals surface area contributed by atoms with E-state index < -0.39 is 0 Å². The SMILES string of the molecule is CCC1(C(=O)N(C)CCOc2cccc(F)c2)CCNC1. The Labute approximate surface area is 125 Å². The van der Waals surface area contributed by atoms with E-state index in [2.05, 4.69) is 12.2 Å². The Morgan fingerprint density at radius 1 is 1.52 bits per heavy atom. The summed E-state index contributed by atoms with van der Waals surface area (Å²) < 4.78 is 18.5. The van der Waals surface area contributed by atoms with Crippen molar-refractivity contribution in [1.29, 1.82) is 0 Å². The van der Waals surface area contributed by atoms with Crippen molar-refractivity contribution in [2.24, 2.45) is 5.41 Å². The largest absolute Gasteiger partial charge is 0.492 e. The third kappa shape index (κ3) is 3.73. The normalized spacial score (nSPS) is 21.3. The summed E-state index contributed by atoms with van der Waals surface area (Å²) in [7, 11) is 1.80. The number of benzene rings is 1. The van der Waals surface area contributed by atoms with Crippen molar-refractivity contribution in [2.45, 2.75) is 19.8 Å². The average Bonchev–Trinajstić information content (AvgIpc) is 2.96. The summed E-state index contributed by atoms with van der Waals surface area (Å²) in [5, 5.41) is 3.27. The lowest BCUT2D eigenvalue weighted by Crippen LogP contribution is -2.44. The van der Waals surface area contributed by atoms with Gasteiger partial charge in [0.2, 0.25) is 5.91 Å². The fraction of sp³-hybridized carbons (Fsp3) is 0.562. The Kier molecular flexibility index (Phi) is 5.17. The van der Waals surface area contributed by atoms with E-state index in [1.165, 1.54) is 12.1 Å². The monoisotopic (exact) mass is 294 g/mol. The highest BCUT2D eigenvalue weighted by atomic mass is 19.1. The van der Waals surface area contributed by atoms with E-state index in [0.29, 0.717) is 18.9 Å². The molecular formula is C16H23FN2O2. The maximum Gasteiger partial charge on any atom is 0.229 e. The third-order valence-electron chi connectivity index (χ3n) is 4.21. The second kappa shape index (κ2) is 6.89. The molecular weight excluding hydrogens is 271 g/mol. The second-order valence-electron chi connectivity index (χ2n) is 5.59. The van der Waals surface area contributed by atoms with Gasteiger partial charge in [-0.15, -0.1) is 0 Å². The van der Waals surface area contributed by atoms with Gasteiger partial charge in [-0.05, 0) is 31.5 Å². The van der Waals surface area contributed by atoms with Crippen LogP contribution in [0.4, 0.5) is 4.39 Å². The predicted octanol–water partition coefficient (Wildman–Crippen LogP) is 2.05. The first-order valence-electron chi connectivity index (χ1n) is 7.42. The summed E-state index contributed by atoms with van der Waals surface area (Å²) >= 11 is 0. The van der Waals surface area contributed by atoms with Crippen molar-refractivity contribution in [3.8, 4) is 5.75 Å². The van der Waals surface area contributed by atoms with Crippen molar-refractivity contribution in [2.75, 3.05) is 33.3 Å². The van der Waals surface area contributed by atoms with Gasteiger partial charge < -0.3 is 15.0 Å². The summed E-state index contributed by atoms with van der Waals surface area (Å²) in [6.45, 7) is 4.56. The molecule has 21 heavy (non-hydrogen) atoms. The topological polar surface area (TPSA) is 41.6 Å². The van der Waals surface area contributed by atoms with Crippen LogP contribution in [-0.2, 0) is 4.79 Å². The molecule has 1 atom stereocenters. The first-order chi connectivity index (χ1) is 10.1. The van der Waals surface area contributed by atoms with Crippen LogP contribution in [0.15, 0.2) is 24.3 Å². The fourth-order valence-corrected chi connectivity index (χ4v) is 2.74. The predicted molar refractivity (Wildman–Crippen MR) is 79.7 cm³/mol. The van der Waals surface area contributed by atoms with Crippen LogP contribution in [-0.4, -0.2) is 44.1 Å². The average molecular weight is 294 g/mol. The number of rotatable bonds is 6. The standard InChI is InChI=1S/C16H23FN2O2/c1-3-16(7-8-18-12-16)15(20)19(2)9-10-21-14-6-4-5-13(17)11-14/h4-6,11,18H,3,7-10,12H2,1-2H3. The highest BCUT2D eigenvalue weighted by Crippen LogP contribution is 2.31. The van der Waals surface area contributed by atoms with Crippen molar-refractivity contribution in [3.63, 3.8) is 0 Å². The van der Waals surface area contributed by atoms with Crippen LogP contribution in [0.2, 0.25) is 0 Å². The highest BCUT2D eigenvalue weighted by molar-refractivity contribution is 5.83. The number of likely N-dealkylation sites (N-methyl/N-ethyl adjacent to an activating group) is 1. The number of halogens is 1. The third-order valence-corrected chi connectivity index (χ3v) is 4.21. The number of hydrogen-bond acceptors (Lipinski definition) is 3. The summed E-state index contributed by atoms with van der Waals surface area (Å²) in [6, 6.07) is 6.03. The van der Waals surface area contributed by atoms with E-state index in [0.717, 1.165) is 25.9 Å². The van der Waals surface area contributed by atoms with Gasteiger partial charge in [0.1, 0.15) is 18.2 Å². The molecule has 1 aromatic rings. The Bertz CT molecular complexity index is 487. The van der Waals surface area contributed by atoms with Gasteiger partial charge in [0.05, 0.1) is 12.0 Å². The number of nitrogens with one attached hydrogen (secondary N) is 1. The Hall–Kier alpha value is -1.62. The zero-order valence-corrected chi connectivity index (χ0v) is 12.7. The lowest BCUT2D eigenvalue weighted by molar-refractivity contribution is -0.140. The number of hydrogen-bond donors (Lipinski definition) is 1. The maximum atomic E-state index is 13.0. The van der Waals surface area contributed by atoms with Crippen LogP contribution in [0, 0.1) is 11.2 Å². The molecule has 0 bridgehead atoms. The van der Waals surface area contributed by atoms with Gasteiger partial charge >= 0.3 is 0 Å². The van der Waals surface area contributed by atoms with Gasteiger partial charge in [-0.3, -0.25) is 4.79 Å². The van der Waals surface area contributed by atoms with Crippen molar-refractivity contribution >= 4 is 5.91 Å². The van der Waals surface area contributed by atoms with Crippen molar-refractivity contribution in [3.05, 3.63) is 30.1 Å². The molecule has 116 valence electrons. The van der Waals surface area contributed by atoms with Crippen LogP contribution < -0.4 is 10.1 Å². The molecule has 1 fully saturated rings.